The van der Waals surface area contributed by atoms with Gasteiger partial charge in [0, 0.05) is 32.7 Å². The van der Waals surface area contributed by atoms with Crippen LogP contribution in [0.4, 0.5) is 11.5 Å². The number of aryl methyl sites for hydroxylation is 2. The van der Waals surface area contributed by atoms with E-state index in [1.807, 2.05) is 6.92 Å². The van der Waals surface area contributed by atoms with Gasteiger partial charge in [-0.05, 0) is 20.9 Å². The van der Waals surface area contributed by atoms with E-state index in [4.69, 9.17) is 11.6 Å². The second-order valence-corrected chi connectivity index (χ2v) is 7.25. The summed E-state index contributed by atoms with van der Waals surface area (Å²) < 4.78 is 1.49. The number of pyridine rings is 1. The Labute approximate surface area is 145 Å². The molecule has 4 heterocycles. The van der Waals surface area contributed by atoms with Crippen LogP contribution < -0.4 is 15.9 Å². The van der Waals surface area contributed by atoms with E-state index in [9.17, 15) is 4.79 Å². The number of piperazine rings is 1. The summed E-state index contributed by atoms with van der Waals surface area (Å²) in [5, 5.41) is 4.93. The van der Waals surface area contributed by atoms with E-state index in [-0.39, 0.29) is 17.8 Å². The summed E-state index contributed by atoms with van der Waals surface area (Å²) in [5.74, 6) is 0.702. The Balaban J connectivity index is 2.08. The van der Waals surface area contributed by atoms with Crippen LogP contribution in [0.5, 0.6) is 0 Å². The topological polar surface area (TPSA) is 66.3 Å². The lowest BCUT2D eigenvalue weighted by atomic mass is 10.1. The van der Waals surface area contributed by atoms with Gasteiger partial charge in [0.25, 0.3) is 0 Å². The van der Waals surface area contributed by atoms with Crippen LogP contribution in [-0.4, -0.2) is 58.2 Å². The first-order valence-electron chi connectivity index (χ1n) is 8.16. The van der Waals surface area contributed by atoms with Crippen LogP contribution in [0.1, 0.15) is 12.6 Å². The van der Waals surface area contributed by atoms with E-state index < -0.39 is 0 Å². The van der Waals surface area contributed by atoms with E-state index in [2.05, 4.69) is 39.1 Å². The summed E-state index contributed by atoms with van der Waals surface area (Å²) >= 11 is 6.54. The molecule has 2 unspecified atom stereocenters. The molecule has 2 aliphatic heterocycles. The third-order valence-corrected chi connectivity index (χ3v) is 5.50. The average Bonchev–Trinajstić information content (AvgIpc) is 2.67. The number of nitrogens with one attached hydrogen (secondary N) is 1. The summed E-state index contributed by atoms with van der Waals surface area (Å²) in [5.41, 5.74) is 1.89. The van der Waals surface area contributed by atoms with Gasteiger partial charge in [0.15, 0.2) is 0 Å². The summed E-state index contributed by atoms with van der Waals surface area (Å²) in [7, 11) is 3.83. The van der Waals surface area contributed by atoms with Gasteiger partial charge in [0.1, 0.15) is 11.5 Å². The lowest BCUT2D eigenvalue weighted by Gasteiger charge is -2.44. The molecule has 0 bridgehead atoms. The smallest absolute Gasteiger partial charge is 0.350 e. The molecule has 1 saturated heterocycles. The van der Waals surface area contributed by atoms with Crippen molar-refractivity contribution in [3.05, 3.63) is 21.2 Å². The minimum Gasteiger partial charge on any atom is -0.381 e. The second kappa shape index (κ2) is 5.32. The zero-order valence-electron chi connectivity index (χ0n) is 14.3. The predicted molar refractivity (Wildman–Crippen MR) is 96.2 cm³/mol. The molecule has 4 rings (SSSR count). The molecule has 0 saturated carbocycles. The van der Waals surface area contributed by atoms with Crippen molar-refractivity contribution < 1.29 is 0 Å². The van der Waals surface area contributed by atoms with Crippen LogP contribution in [0.25, 0.3) is 11.0 Å². The number of nitrogens with zero attached hydrogens (tertiary/aromatic N) is 5. The normalized spacial score (nSPS) is 23.8. The highest BCUT2D eigenvalue weighted by atomic mass is 35.5. The third kappa shape index (κ3) is 2.11. The molecule has 2 atom stereocenters. The van der Waals surface area contributed by atoms with Gasteiger partial charge >= 0.3 is 5.69 Å². The fourth-order valence-corrected chi connectivity index (χ4v) is 4.17. The minimum atomic E-state index is -0.288. The summed E-state index contributed by atoms with van der Waals surface area (Å²) in [6.45, 7) is 6.62. The van der Waals surface area contributed by atoms with Crippen LogP contribution in [-0.2, 0) is 7.05 Å². The molecule has 1 fully saturated rings. The number of halogens is 1. The van der Waals surface area contributed by atoms with Gasteiger partial charge in [0.05, 0.1) is 27.8 Å². The SMILES string of the molecule is Cc1nc2c3c(nc(=O)n2C)N2C(C)CN(C)CC2CNc3c1Cl. The Hall–Kier alpha value is -1.86. The fourth-order valence-electron chi connectivity index (χ4n) is 3.97. The number of hydrogen-bond donors (Lipinski definition) is 1. The number of rotatable bonds is 0. The maximum Gasteiger partial charge on any atom is 0.350 e. The van der Waals surface area contributed by atoms with Crippen LogP contribution >= 0.6 is 11.6 Å². The molecule has 0 aromatic carbocycles. The van der Waals surface area contributed by atoms with E-state index >= 15 is 0 Å². The molecule has 24 heavy (non-hydrogen) atoms. The Morgan fingerprint density at radius 1 is 1.25 bits per heavy atom. The standard InChI is InChI=1S/C16H21ClN6O/c1-8-6-21(3)7-10-5-18-13-11-14(19-9(2)12(13)17)22(4)16(24)20-15(11)23(8)10/h8,10,18H,5-7H2,1-4H3. The van der Waals surface area contributed by atoms with Gasteiger partial charge in [-0.25, -0.2) is 9.78 Å². The van der Waals surface area contributed by atoms with Crippen LogP contribution in [0.2, 0.25) is 5.02 Å². The average molecular weight is 349 g/mol. The molecule has 2 aromatic heterocycles. The molecular formula is C16H21ClN6O. The summed E-state index contributed by atoms with van der Waals surface area (Å²) in [6, 6.07) is 0.481. The minimum absolute atomic E-state index is 0.227. The van der Waals surface area contributed by atoms with Gasteiger partial charge in [-0.15, -0.1) is 0 Å². The summed E-state index contributed by atoms with van der Waals surface area (Å²) in [6.07, 6.45) is 0. The van der Waals surface area contributed by atoms with Gasteiger partial charge in [-0.2, -0.15) is 4.98 Å². The van der Waals surface area contributed by atoms with E-state index in [1.54, 1.807) is 7.05 Å². The lowest BCUT2D eigenvalue weighted by Crippen LogP contribution is -2.59. The molecular weight excluding hydrogens is 328 g/mol. The number of hydrogen-bond acceptors (Lipinski definition) is 6. The van der Waals surface area contributed by atoms with Gasteiger partial charge < -0.3 is 15.1 Å². The highest BCUT2D eigenvalue weighted by Crippen LogP contribution is 2.40. The monoisotopic (exact) mass is 348 g/mol. The van der Waals surface area contributed by atoms with Crippen LogP contribution in [0.3, 0.4) is 0 Å². The van der Waals surface area contributed by atoms with Crippen LogP contribution in [0, 0.1) is 6.92 Å². The molecule has 128 valence electrons. The molecule has 1 N–H and O–H groups in total. The van der Waals surface area contributed by atoms with Crippen molar-refractivity contribution in [1.82, 2.24) is 19.4 Å². The van der Waals surface area contributed by atoms with Crippen molar-refractivity contribution >= 4 is 34.1 Å². The van der Waals surface area contributed by atoms with Gasteiger partial charge in [-0.1, -0.05) is 11.6 Å². The quantitative estimate of drug-likeness (QED) is 0.772. The molecule has 0 amide bonds. The molecule has 7 nitrogen and oxygen atoms in total. The van der Waals surface area contributed by atoms with E-state index in [0.29, 0.717) is 22.2 Å². The van der Waals surface area contributed by atoms with Crippen molar-refractivity contribution in [3.63, 3.8) is 0 Å². The molecule has 0 radical (unpaired) electrons. The summed E-state index contributed by atoms with van der Waals surface area (Å²) in [4.78, 5) is 26.0. The maximum atomic E-state index is 12.4. The highest BCUT2D eigenvalue weighted by Gasteiger charge is 2.36. The van der Waals surface area contributed by atoms with Crippen molar-refractivity contribution in [2.24, 2.45) is 7.05 Å². The fraction of sp³-hybridized carbons (Fsp3) is 0.562. The predicted octanol–water partition coefficient (Wildman–Crippen LogP) is 1.22. The second-order valence-electron chi connectivity index (χ2n) is 6.87. The molecule has 0 spiro atoms. The van der Waals surface area contributed by atoms with Crippen molar-refractivity contribution in [2.75, 3.05) is 36.9 Å². The number of likely N-dealkylation sites (N-methyl/N-ethyl adjacent to an activating group) is 1. The zero-order chi connectivity index (χ0) is 17.2. The number of anilines is 2. The Bertz CT molecular complexity index is 894. The third-order valence-electron chi connectivity index (χ3n) is 5.04. The molecule has 8 heteroatoms. The van der Waals surface area contributed by atoms with Gasteiger partial charge in [-0.3, -0.25) is 4.57 Å². The first kappa shape index (κ1) is 15.7. The lowest BCUT2D eigenvalue weighted by molar-refractivity contribution is 0.236. The maximum absolute atomic E-state index is 12.4. The van der Waals surface area contributed by atoms with Crippen molar-refractivity contribution in [1.29, 1.82) is 0 Å². The zero-order valence-corrected chi connectivity index (χ0v) is 15.1. The Kier molecular flexibility index (Phi) is 3.47. The Morgan fingerprint density at radius 3 is 2.75 bits per heavy atom. The highest BCUT2D eigenvalue weighted by molar-refractivity contribution is 6.35. The van der Waals surface area contributed by atoms with Gasteiger partial charge in [0.2, 0.25) is 0 Å². The molecule has 2 aliphatic rings. The van der Waals surface area contributed by atoms with Crippen molar-refractivity contribution in [3.8, 4) is 0 Å². The van der Waals surface area contributed by atoms with E-state index in [1.165, 1.54) is 4.57 Å². The van der Waals surface area contributed by atoms with E-state index in [0.717, 1.165) is 30.7 Å². The number of aromatic nitrogens is 3. The first-order valence-corrected chi connectivity index (χ1v) is 8.54. The number of fused-ring (bicyclic) bond motifs is 2. The van der Waals surface area contributed by atoms with Crippen molar-refractivity contribution in [2.45, 2.75) is 25.9 Å². The first-order chi connectivity index (χ1) is 11.4. The van der Waals surface area contributed by atoms with Crippen LogP contribution in [0.15, 0.2) is 4.79 Å². The Morgan fingerprint density at radius 2 is 2.00 bits per heavy atom. The molecule has 2 aromatic rings. The molecule has 0 aliphatic carbocycles. The largest absolute Gasteiger partial charge is 0.381 e.